The highest BCUT2D eigenvalue weighted by molar-refractivity contribution is 5.84. The number of benzene rings is 2. The first-order valence-corrected chi connectivity index (χ1v) is 8.62. The molecule has 2 aromatic carbocycles. The lowest BCUT2D eigenvalue weighted by Crippen LogP contribution is -2.40. The fourth-order valence-electron chi connectivity index (χ4n) is 3.61. The minimum atomic E-state index is 0.0542. The first kappa shape index (κ1) is 14.7. The topological polar surface area (TPSA) is 29.5 Å². The van der Waals surface area contributed by atoms with Gasteiger partial charge >= 0.3 is 0 Å². The normalized spacial score (nSPS) is 22.2. The summed E-state index contributed by atoms with van der Waals surface area (Å²) in [5.74, 6) is 0.337. The van der Waals surface area contributed by atoms with Crippen molar-refractivity contribution in [2.24, 2.45) is 5.92 Å². The highest BCUT2D eigenvalue weighted by Crippen LogP contribution is 2.37. The van der Waals surface area contributed by atoms with Gasteiger partial charge in [0.15, 0.2) is 0 Å². The Hall–Kier alpha value is -1.87. The molecule has 2 aromatic rings. The SMILES string of the molecule is CC(c1ccc2ccccc2c1)N(C(=O)C1CCOC1)C1CC1. The van der Waals surface area contributed by atoms with Gasteiger partial charge in [-0.2, -0.15) is 0 Å². The van der Waals surface area contributed by atoms with Crippen LogP contribution in [0.3, 0.4) is 0 Å². The summed E-state index contributed by atoms with van der Waals surface area (Å²) in [7, 11) is 0. The Morgan fingerprint density at radius 2 is 1.91 bits per heavy atom. The molecule has 1 amide bonds. The number of amides is 1. The van der Waals surface area contributed by atoms with Crippen LogP contribution in [-0.4, -0.2) is 30.1 Å². The molecule has 3 heteroatoms. The maximum Gasteiger partial charge on any atom is 0.228 e. The highest BCUT2D eigenvalue weighted by Gasteiger charge is 2.39. The molecule has 3 nitrogen and oxygen atoms in total. The third-order valence-corrected chi connectivity index (χ3v) is 5.15. The molecule has 0 aromatic heterocycles. The van der Waals surface area contributed by atoms with E-state index in [1.807, 2.05) is 0 Å². The van der Waals surface area contributed by atoms with Gasteiger partial charge in [-0.3, -0.25) is 4.79 Å². The Morgan fingerprint density at radius 1 is 1.13 bits per heavy atom. The number of carbonyl (C=O) groups is 1. The minimum absolute atomic E-state index is 0.0542. The van der Waals surface area contributed by atoms with E-state index in [0.29, 0.717) is 12.6 Å². The van der Waals surface area contributed by atoms with Crippen molar-refractivity contribution < 1.29 is 9.53 Å². The lowest BCUT2D eigenvalue weighted by atomic mass is 9.99. The summed E-state index contributed by atoms with van der Waals surface area (Å²) in [4.78, 5) is 15.1. The number of carbonyl (C=O) groups excluding carboxylic acids is 1. The molecule has 0 radical (unpaired) electrons. The second kappa shape index (κ2) is 5.97. The third kappa shape index (κ3) is 2.86. The molecule has 1 aliphatic heterocycles. The summed E-state index contributed by atoms with van der Waals surface area (Å²) in [5.41, 5.74) is 1.22. The largest absolute Gasteiger partial charge is 0.381 e. The summed E-state index contributed by atoms with van der Waals surface area (Å²) in [5, 5.41) is 2.49. The monoisotopic (exact) mass is 309 g/mol. The zero-order valence-electron chi connectivity index (χ0n) is 13.6. The number of rotatable bonds is 4. The zero-order valence-corrected chi connectivity index (χ0v) is 13.6. The zero-order chi connectivity index (χ0) is 15.8. The van der Waals surface area contributed by atoms with Crippen molar-refractivity contribution in [3.8, 4) is 0 Å². The van der Waals surface area contributed by atoms with Crippen molar-refractivity contribution in [1.29, 1.82) is 0 Å². The Morgan fingerprint density at radius 3 is 2.61 bits per heavy atom. The Balaban J connectivity index is 1.63. The first-order valence-electron chi connectivity index (χ1n) is 8.62. The molecule has 4 rings (SSSR count). The number of hydrogen-bond acceptors (Lipinski definition) is 2. The smallest absolute Gasteiger partial charge is 0.228 e. The van der Waals surface area contributed by atoms with Crippen molar-refractivity contribution in [2.45, 2.75) is 38.3 Å². The van der Waals surface area contributed by atoms with Crippen LogP contribution < -0.4 is 0 Å². The van der Waals surface area contributed by atoms with Crippen LogP contribution in [0.2, 0.25) is 0 Å². The van der Waals surface area contributed by atoms with E-state index in [1.54, 1.807) is 0 Å². The average molecular weight is 309 g/mol. The van der Waals surface area contributed by atoms with Gasteiger partial charge in [0.05, 0.1) is 18.6 Å². The molecule has 2 atom stereocenters. The lowest BCUT2D eigenvalue weighted by Gasteiger charge is -2.32. The van der Waals surface area contributed by atoms with Gasteiger partial charge in [0.1, 0.15) is 0 Å². The predicted octanol–water partition coefficient (Wildman–Crippen LogP) is 3.93. The van der Waals surface area contributed by atoms with E-state index in [0.717, 1.165) is 25.9 Å². The van der Waals surface area contributed by atoms with E-state index < -0.39 is 0 Å². The number of ether oxygens (including phenoxy) is 1. The van der Waals surface area contributed by atoms with Crippen LogP contribution in [0.4, 0.5) is 0 Å². The van der Waals surface area contributed by atoms with Gasteiger partial charge < -0.3 is 9.64 Å². The number of fused-ring (bicyclic) bond motifs is 1. The molecule has 120 valence electrons. The average Bonchev–Trinajstić information content (AvgIpc) is 3.26. The van der Waals surface area contributed by atoms with Gasteiger partial charge in [-0.15, -0.1) is 0 Å². The molecule has 1 heterocycles. The maximum atomic E-state index is 13.0. The number of nitrogens with zero attached hydrogens (tertiary/aromatic N) is 1. The molecule has 0 bridgehead atoms. The van der Waals surface area contributed by atoms with Gasteiger partial charge in [-0.05, 0) is 48.6 Å². The molecular formula is C20H23NO2. The summed E-state index contributed by atoms with van der Waals surface area (Å²) >= 11 is 0. The summed E-state index contributed by atoms with van der Waals surface area (Å²) in [6, 6.07) is 15.5. The maximum absolute atomic E-state index is 13.0. The van der Waals surface area contributed by atoms with Crippen LogP contribution in [0.15, 0.2) is 42.5 Å². The quantitative estimate of drug-likeness (QED) is 0.856. The van der Waals surface area contributed by atoms with Crippen LogP contribution in [0.25, 0.3) is 10.8 Å². The molecule has 1 saturated heterocycles. The van der Waals surface area contributed by atoms with Gasteiger partial charge in [-0.25, -0.2) is 0 Å². The molecule has 2 aliphatic rings. The Kier molecular flexibility index (Phi) is 3.82. The van der Waals surface area contributed by atoms with Gasteiger partial charge in [0, 0.05) is 12.6 Å². The fraction of sp³-hybridized carbons (Fsp3) is 0.450. The van der Waals surface area contributed by atoms with E-state index in [4.69, 9.17) is 4.74 Å². The van der Waals surface area contributed by atoms with Crippen LogP contribution in [0, 0.1) is 5.92 Å². The summed E-state index contributed by atoms with van der Waals surface area (Å²) in [6.07, 6.45) is 3.14. The molecule has 1 saturated carbocycles. The van der Waals surface area contributed by atoms with E-state index in [1.165, 1.54) is 16.3 Å². The highest BCUT2D eigenvalue weighted by atomic mass is 16.5. The van der Waals surface area contributed by atoms with Crippen LogP contribution in [0.1, 0.15) is 37.8 Å². The minimum Gasteiger partial charge on any atom is -0.381 e. The molecule has 0 spiro atoms. The van der Waals surface area contributed by atoms with E-state index >= 15 is 0 Å². The van der Waals surface area contributed by atoms with Gasteiger partial charge in [0.2, 0.25) is 5.91 Å². The molecule has 2 fully saturated rings. The summed E-state index contributed by atoms with van der Waals surface area (Å²) < 4.78 is 5.42. The lowest BCUT2D eigenvalue weighted by molar-refractivity contribution is -0.138. The molecular weight excluding hydrogens is 286 g/mol. The van der Waals surface area contributed by atoms with E-state index in [2.05, 4.69) is 54.3 Å². The van der Waals surface area contributed by atoms with Crippen LogP contribution in [0.5, 0.6) is 0 Å². The summed E-state index contributed by atoms with van der Waals surface area (Å²) in [6.45, 7) is 3.47. The Labute approximate surface area is 137 Å². The van der Waals surface area contributed by atoms with E-state index in [9.17, 15) is 4.79 Å². The van der Waals surface area contributed by atoms with Gasteiger partial charge in [-0.1, -0.05) is 36.4 Å². The van der Waals surface area contributed by atoms with Crippen molar-refractivity contribution in [3.05, 3.63) is 48.0 Å². The fourth-order valence-corrected chi connectivity index (χ4v) is 3.61. The number of hydrogen-bond donors (Lipinski definition) is 0. The second-order valence-electron chi connectivity index (χ2n) is 6.82. The van der Waals surface area contributed by atoms with Crippen molar-refractivity contribution in [2.75, 3.05) is 13.2 Å². The molecule has 1 aliphatic carbocycles. The van der Waals surface area contributed by atoms with Crippen LogP contribution in [-0.2, 0) is 9.53 Å². The standard InChI is InChI=1S/C20H23NO2/c1-14(16-7-6-15-4-2-3-5-17(15)12-16)21(19-8-9-19)20(22)18-10-11-23-13-18/h2-7,12,14,18-19H,8-11,13H2,1H3. The van der Waals surface area contributed by atoms with Crippen molar-refractivity contribution in [1.82, 2.24) is 4.90 Å². The van der Waals surface area contributed by atoms with Gasteiger partial charge in [0.25, 0.3) is 0 Å². The predicted molar refractivity (Wildman–Crippen MR) is 91.2 cm³/mol. The molecule has 2 unspecified atom stereocenters. The Bertz CT molecular complexity index is 716. The molecule has 0 N–H and O–H groups in total. The van der Waals surface area contributed by atoms with Crippen molar-refractivity contribution >= 4 is 16.7 Å². The van der Waals surface area contributed by atoms with E-state index in [-0.39, 0.29) is 17.9 Å². The third-order valence-electron chi connectivity index (χ3n) is 5.15. The second-order valence-corrected chi connectivity index (χ2v) is 6.82. The first-order chi connectivity index (χ1) is 11.2. The van der Waals surface area contributed by atoms with Crippen LogP contribution >= 0.6 is 0 Å². The van der Waals surface area contributed by atoms with Crippen molar-refractivity contribution in [3.63, 3.8) is 0 Å². The molecule has 23 heavy (non-hydrogen) atoms.